The molecule has 0 aliphatic heterocycles. The molecule has 0 spiro atoms. The minimum absolute atomic E-state index is 0.00825. The second-order valence-corrected chi connectivity index (χ2v) is 3.75. The van der Waals surface area contributed by atoms with Crippen molar-refractivity contribution in [2.75, 3.05) is 6.61 Å². The Morgan fingerprint density at radius 1 is 1.60 bits per heavy atom. The maximum absolute atomic E-state index is 10.9. The van der Waals surface area contributed by atoms with Crippen LogP contribution >= 0.6 is 0 Å². The number of benzene rings is 1. The number of rotatable bonds is 6. The molecule has 0 saturated heterocycles. The zero-order chi connectivity index (χ0) is 15.1. The minimum Gasteiger partial charge on any atom is -0.483 e. The lowest BCUT2D eigenvalue weighted by molar-refractivity contribution is -0.385. The molecule has 7 nitrogen and oxygen atoms in total. The highest BCUT2D eigenvalue weighted by Gasteiger charge is 2.16. The molecule has 0 bridgehead atoms. The topological polar surface area (TPSA) is 113 Å². The van der Waals surface area contributed by atoms with Crippen LogP contribution in [0.1, 0.15) is 18.9 Å². The average molecular weight is 276 g/mol. The summed E-state index contributed by atoms with van der Waals surface area (Å²) in [5.74, 6) is -1.06. The van der Waals surface area contributed by atoms with Crippen molar-refractivity contribution in [3.8, 4) is 11.8 Å². The van der Waals surface area contributed by atoms with E-state index in [-0.39, 0.29) is 29.2 Å². The number of carboxylic acid groups (broad SMARTS) is 1. The lowest BCUT2D eigenvalue weighted by atomic mass is 10.2. The quantitative estimate of drug-likeness (QED) is 0.484. The van der Waals surface area contributed by atoms with Crippen molar-refractivity contribution in [2.45, 2.75) is 13.3 Å². The Hall–Kier alpha value is -2.88. The molecule has 1 N–H and O–H groups in total. The van der Waals surface area contributed by atoms with Gasteiger partial charge < -0.3 is 9.84 Å². The van der Waals surface area contributed by atoms with Gasteiger partial charge in [-0.2, -0.15) is 5.26 Å². The van der Waals surface area contributed by atoms with Crippen molar-refractivity contribution in [2.24, 2.45) is 0 Å². The van der Waals surface area contributed by atoms with E-state index in [0.717, 1.165) is 6.07 Å². The zero-order valence-corrected chi connectivity index (χ0v) is 10.7. The van der Waals surface area contributed by atoms with Gasteiger partial charge in [0.25, 0.3) is 0 Å². The Morgan fingerprint density at radius 2 is 2.30 bits per heavy atom. The summed E-state index contributed by atoms with van der Waals surface area (Å²) < 4.78 is 5.19. The SMILES string of the molecule is CCC(=CCOc1ccc(C#N)cc1[N+](=O)[O-])C(=O)O. The fourth-order valence-electron chi connectivity index (χ4n) is 1.47. The largest absolute Gasteiger partial charge is 0.483 e. The van der Waals surface area contributed by atoms with Crippen molar-refractivity contribution in [1.29, 1.82) is 5.26 Å². The number of nitro benzene ring substituents is 1. The van der Waals surface area contributed by atoms with Gasteiger partial charge in [-0.1, -0.05) is 6.92 Å². The summed E-state index contributed by atoms with van der Waals surface area (Å²) >= 11 is 0. The molecule has 1 rings (SSSR count). The second-order valence-electron chi connectivity index (χ2n) is 3.75. The third-order valence-electron chi connectivity index (χ3n) is 2.51. The van der Waals surface area contributed by atoms with E-state index in [0.29, 0.717) is 6.42 Å². The van der Waals surface area contributed by atoms with E-state index in [2.05, 4.69) is 0 Å². The summed E-state index contributed by atoms with van der Waals surface area (Å²) in [6.07, 6.45) is 1.68. The highest BCUT2D eigenvalue weighted by molar-refractivity contribution is 5.86. The fraction of sp³-hybridized carbons (Fsp3) is 0.231. The lowest BCUT2D eigenvalue weighted by Gasteiger charge is -2.05. The van der Waals surface area contributed by atoms with Crippen LogP contribution < -0.4 is 4.74 Å². The van der Waals surface area contributed by atoms with Crippen LogP contribution in [-0.2, 0) is 4.79 Å². The maximum Gasteiger partial charge on any atom is 0.331 e. The molecule has 0 aliphatic rings. The zero-order valence-electron chi connectivity index (χ0n) is 10.7. The first-order valence-electron chi connectivity index (χ1n) is 5.73. The highest BCUT2D eigenvalue weighted by Crippen LogP contribution is 2.27. The van der Waals surface area contributed by atoms with Gasteiger partial charge in [0.05, 0.1) is 16.6 Å². The Balaban J connectivity index is 2.91. The number of hydrogen-bond donors (Lipinski definition) is 1. The molecule has 0 amide bonds. The Bertz CT molecular complexity index is 601. The molecule has 0 unspecified atom stereocenters. The molecular weight excluding hydrogens is 264 g/mol. The van der Waals surface area contributed by atoms with Crippen LogP contribution in [0.3, 0.4) is 0 Å². The molecule has 7 heteroatoms. The predicted molar refractivity (Wildman–Crippen MR) is 69.3 cm³/mol. The standard InChI is InChI=1S/C13H12N2O5/c1-2-10(13(16)17)5-6-20-12-4-3-9(8-14)7-11(12)15(18)19/h3-5,7H,2,6H2,1H3,(H,16,17). The molecule has 1 aromatic carbocycles. The van der Waals surface area contributed by atoms with Crippen LogP contribution in [0.4, 0.5) is 5.69 Å². The van der Waals surface area contributed by atoms with Gasteiger partial charge in [0.2, 0.25) is 0 Å². The number of nitriles is 1. The second kappa shape index (κ2) is 6.89. The molecule has 1 aromatic rings. The number of aliphatic carboxylic acids is 1. The smallest absolute Gasteiger partial charge is 0.331 e. The summed E-state index contributed by atoms with van der Waals surface area (Å²) in [5.41, 5.74) is -0.00787. The van der Waals surface area contributed by atoms with Gasteiger partial charge >= 0.3 is 11.7 Å². The van der Waals surface area contributed by atoms with E-state index >= 15 is 0 Å². The molecule has 0 saturated carbocycles. The van der Waals surface area contributed by atoms with Crippen molar-refractivity contribution in [1.82, 2.24) is 0 Å². The van der Waals surface area contributed by atoms with Crippen LogP contribution in [-0.4, -0.2) is 22.6 Å². The first-order chi connectivity index (χ1) is 9.49. The van der Waals surface area contributed by atoms with Crippen LogP contribution in [0.5, 0.6) is 5.75 Å². The molecule has 0 radical (unpaired) electrons. The predicted octanol–water partition coefficient (Wildman–Crippen LogP) is 2.27. The van der Waals surface area contributed by atoms with Crippen LogP contribution in [0.25, 0.3) is 0 Å². The maximum atomic E-state index is 10.9. The molecule has 0 heterocycles. The number of ether oxygens (including phenoxy) is 1. The number of carboxylic acids is 1. The van der Waals surface area contributed by atoms with Gasteiger partial charge in [-0.15, -0.1) is 0 Å². The Kier molecular flexibility index (Phi) is 5.23. The first kappa shape index (κ1) is 15.2. The van der Waals surface area contributed by atoms with Crippen molar-refractivity contribution in [3.63, 3.8) is 0 Å². The third kappa shape index (κ3) is 3.81. The van der Waals surface area contributed by atoms with Crippen LogP contribution in [0, 0.1) is 21.4 Å². The fourth-order valence-corrected chi connectivity index (χ4v) is 1.47. The van der Waals surface area contributed by atoms with E-state index < -0.39 is 10.9 Å². The van der Waals surface area contributed by atoms with Crippen molar-refractivity contribution >= 4 is 11.7 Å². The molecule has 0 fully saturated rings. The monoisotopic (exact) mass is 276 g/mol. The number of nitrogens with zero attached hydrogens (tertiary/aromatic N) is 2. The summed E-state index contributed by atoms with van der Waals surface area (Å²) in [5, 5.41) is 28.4. The Labute approximate surface area is 114 Å². The number of nitro groups is 1. The van der Waals surface area contributed by atoms with E-state index in [1.54, 1.807) is 13.0 Å². The molecule has 20 heavy (non-hydrogen) atoms. The van der Waals surface area contributed by atoms with Gasteiger partial charge in [0, 0.05) is 11.6 Å². The number of carbonyl (C=O) groups is 1. The highest BCUT2D eigenvalue weighted by atomic mass is 16.6. The van der Waals surface area contributed by atoms with E-state index in [1.807, 2.05) is 0 Å². The van der Waals surface area contributed by atoms with Gasteiger partial charge in [0.1, 0.15) is 6.61 Å². The first-order valence-corrected chi connectivity index (χ1v) is 5.73. The molecular formula is C13H12N2O5. The summed E-state index contributed by atoms with van der Waals surface area (Å²) in [7, 11) is 0. The van der Waals surface area contributed by atoms with Gasteiger partial charge in [0.15, 0.2) is 5.75 Å². The molecule has 0 aliphatic carbocycles. The van der Waals surface area contributed by atoms with Crippen LogP contribution in [0.15, 0.2) is 29.8 Å². The van der Waals surface area contributed by atoms with Crippen molar-refractivity contribution < 1.29 is 19.6 Å². The number of hydrogen-bond acceptors (Lipinski definition) is 5. The summed E-state index contributed by atoms with van der Waals surface area (Å²) in [4.78, 5) is 21.0. The Morgan fingerprint density at radius 3 is 2.80 bits per heavy atom. The van der Waals surface area contributed by atoms with Gasteiger partial charge in [-0.05, 0) is 24.6 Å². The molecule has 104 valence electrons. The lowest BCUT2D eigenvalue weighted by Crippen LogP contribution is -2.04. The van der Waals surface area contributed by atoms with Crippen molar-refractivity contribution in [3.05, 3.63) is 45.5 Å². The van der Waals surface area contributed by atoms with Crippen LogP contribution in [0.2, 0.25) is 0 Å². The molecule has 0 atom stereocenters. The van der Waals surface area contributed by atoms with Gasteiger partial charge in [-0.3, -0.25) is 10.1 Å². The summed E-state index contributed by atoms with van der Waals surface area (Å²) in [6.45, 7) is 1.59. The third-order valence-corrected chi connectivity index (χ3v) is 2.51. The van der Waals surface area contributed by atoms with E-state index in [9.17, 15) is 14.9 Å². The van der Waals surface area contributed by atoms with E-state index in [4.69, 9.17) is 15.1 Å². The molecule has 0 aromatic heterocycles. The summed E-state index contributed by atoms with van der Waals surface area (Å²) in [6, 6.07) is 5.62. The minimum atomic E-state index is -1.05. The van der Waals surface area contributed by atoms with E-state index in [1.165, 1.54) is 18.2 Å². The van der Waals surface area contributed by atoms with Gasteiger partial charge in [-0.25, -0.2) is 4.79 Å². The average Bonchev–Trinajstić information content (AvgIpc) is 2.43. The normalized spacial score (nSPS) is 10.7.